The number of rotatable bonds is 4. The van der Waals surface area contributed by atoms with E-state index in [0.717, 1.165) is 0 Å². The lowest BCUT2D eigenvalue weighted by molar-refractivity contribution is 0.0921. The van der Waals surface area contributed by atoms with Crippen LogP contribution in [-0.2, 0) is 0 Å². The molecule has 0 unspecified atom stereocenters. The van der Waals surface area contributed by atoms with Gasteiger partial charge in [-0.25, -0.2) is 0 Å². The maximum absolute atomic E-state index is 11.6. The molecule has 0 fully saturated rings. The van der Waals surface area contributed by atoms with Crippen LogP contribution in [0.5, 0.6) is 11.5 Å². The summed E-state index contributed by atoms with van der Waals surface area (Å²) < 4.78 is 4.95. The fourth-order valence-electron chi connectivity index (χ4n) is 1.16. The number of carbonyl (C=O) groups excluding carboxylic acids is 1. The Morgan fingerprint density at radius 3 is 2.81 bits per heavy atom. The molecule has 0 saturated heterocycles. The Bertz CT molecular complexity index is 376. The predicted octanol–water partition coefficient (Wildman–Crippen LogP) is 0.511. The minimum Gasteiger partial charge on any atom is -0.507 e. The summed E-state index contributed by atoms with van der Waals surface area (Å²) in [5.74, 6) is -0.0822. The maximum atomic E-state index is 11.6. The largest absolute Gasteiger partial charge is 0.507 e. The van der Waals surface area contributed by atoms with Crippen molar-refractivity contribution in [3.63, 3.8) is 0 Å². The van der Waals surface area contributed by atoms with Gasteiger partial charge in [0.1, 0.15) is 11.5 Å². The van der Waals surface area contributed by atoms with Gasteiger partial charge in [-0.3, -0.25) is 4.79 Å². The van der Waals surface area contributed by atoms with Gasteiger partial charge in [0.05, 0.1) is 18.8 Å². The van der Waals surface area contributed by atoms with Crippen molar-refractivity contribution in [2.75, 3.05) is 13.7 Å². The molecule has 5 heteroatoms. The standard InChI is InChI=1S/C11H15NO4/c1-7(13)6-12-11(15)9-5-8(16-2)3-4-10(9)14/h3-5,7,13-14H,6H2,1-2H3,(H,12,15)/t7-/m1/s1. The number of aliphatic hydroxyl groups excluding tert-OH is 1. The molecule has 0 heterocycles. The molecule has 0 radical (unpaired) electrons. The number of carbonyl (C=O) groups is 1. The van der Waals surface area contributed by atoms with Gasteiger partial charge in [-0.1, -0.05) is 0 Å². The predicted molar refractivity (Wildman–Crippen MR) is 58.7 cm³/mol. The normalized spacial score (nSPS) is 11.9. The van der Waals surface area contributed by atoms with Crippen molar-refractivity contribution in [3.05, 3.63) is 23.8 Å². The van der Waals surface area contributed by atoms with Crippen LogP contribution in [0.4, 0.5) is 0 Å². The van der Waals surface area contributed by atoms with Crippen LogP contribution in [-0.4, -0.2) is 35.9 Å². The third-order valence-corrected chi connectivity index (χ3v) is 2.01. The van der Waals surface area contributed by atoms with Gasteiger partial charge in [-0.05, 0) is 25.1 Å². The number of aromatic hydroxyl groups is 1. The van der Waals surface area contributed by atoms with E-state index in [9.17, 15) is 9.90 Å². The smallest absolute Gasteiger partial charge is 0.255 e. The van der Waals surface area contributed by atoms with Crippen LogP contribution >= 0.6 is 0 Å². The third kappa shape index (κ3) is 3.13. The van der Waals surface area contributed by atoms with E-state index < -0.39 is 12.0 Å². The van der Waals surface area contributed by atoms with E-state index >= 15 is 0 Å². The summed E-state index contributed by atoms with van der Waals surface area (Å²) >= 11 is 0. The molecule has 0 saturated carbocycles. The van der Waals surface area contributed by atoms with Crippen LogP contribution < -0.4 is 10.1 Å². The first-order chi connectivity index (χ1) is 7.54. The highest BCUT2D eigenvalue weighted by atomic mass is 16.5. The second-order valence-corrected chi connectivity index (χ2v) is 3.44. The number of benzene rings is 1. The van der Waals surface area contributed by atoms with E-state index in [2.05, 4.69) is 5.32 Å². The summed E-state index contributed by atoms with van der Waals surface area (Å²) in [7, 11) is 1.48. The van der Waals surface area contributed by atoms with Crippen molar-refractivity contribution in [1.82, 2.24) is 5.32 Å². The van der Waals surface area contributed by atoms with Crippen LogP contribution in [0.15, 0.2) is 18.2 Å². The Morgan fingerprint density at radius 2 is 2.25 bits per heavy atom. The second-order valence-electron chi connectivity index (χ2n) is 3.44. The number of ether oxygens (including phenoxy) is 1. The lowest BCUT2D eigenvalue weighted by atomic mass is 10.1. The fraction of sp³-hybridized carbons (Fsp3) is 0.364. The van der Waals surface area contributed by atoms with E-state index in [1.54, 1.807) is 13.0 Å². The quantitative estimate of drug-likeness (QED) is 0.697. The SMILES string of the molecule is COc1ccc(O)c(C(=O)NC[C@@H](C)O)c1. The zero-order chi connectivity index (χ0) is 12.1. The molecule has 0 aliphatic heterocycles. The van der Waals surface area contributed by atoms with Gasteiger partial charge in [0.2, 0.25) is 0 Å². The fourth-order valence-corrected chi connectivity index (χ4v) is 1.16. The number of nitrogens with one attached hydrogen (secondary N) is 1. The number of methoxy groups -OCH3 is 1. The number of phenols is 1. The Labute approximate surface area is 93.7 Å². The van der Waals surface area contributed by atoms with Crippen LogP contribution in [0.1, 0.15) is 17.3 Å². The molecule has 1 aromatic carbocycles. The van der Waals surface area contributed by atoms with Gasteiger partial charge >= 0.3 is 0 Å². The van der Waals surface area contributed by atoms with Crippen LogP contribution in [0.2, 0.25) is 0 Å². The monoisotopic (exact) mass is 225 g/mol. The molecule has 3 N–H and O–H groups in total. The number of amides is 1. The lowest BCUT2D eigenvalue weighted by Crippen LogP contribution is -2.30. The molecule has 5 nitrogen and oxygen atoms in total. The van der Waals surface area contributed by atoms with E-state index in [1.807, 2.05) is 0 Å². The highest BCUT2D eigenvalue weighted by Crippen LogP contribution is 2.22. The summed E-state index contributed by atoms with van der Waals surface area (Å²) in [4.78, 5) is 11.6. The van der Waals surface area contributed by atoms with E-state index in [4.69, 9.17) is 9.84 Å². The number of hydrogen-bond acceptors (Lipinski definition) is 4. The van der Waals surface area contributed by atoms with Crippen molar-refractivity contribution in [3.8, 4) is 11.5 Å². The molecule has 0 aromatic heterocycles. The van der Waals surface area contributed by atoms with E-state index in [0.29, 0.717) is 5.75 Å². The molecule has 1 aromatic rings. The van der Waals surface area contributed by atoms with Crippen LogP contribution in [0, 0.1) is 0 Å². The molecular formula is C11H15NO4. The first kappa shape index (κ1) is 12.3. The molecule has 0 aliphatic rings. The summed E-state index contributed by atoms with van der Waals surface area (Å²) in [6, 6.07) is 4.38. The molecule has 88 valence electrons. The highest BCUT2D eigenvalue weighted by molar-refractivity contribution is 5.97. The van der Waals surface area contributed by atoms with Crippen molar-refractivity contribution in [2.45, 2.75) is 13.0 Å². The molecule has 0 aliphatic carbocycles. The van der Waals surface area contributed by atoms with Crippen molar-refractivity contribution in [1.29, 1.82) is 0 Å². The maximum Gasteiger partial charge on any atom is 0.255 e. The van der Waals surface area contributed by atoms with E-state index in [1.165, 1.54) is 19.2 Å². The average molecular weight is 225 g/mol. The minimum atomic E-state index is -0.628. The van der Waals surface area contributed by atoms with E-state index in [-0.39, 0.29) is 17.9 Å². The summed E-state index contributed by atoms with van der Waals surface area (Å²) in [6.07, 6.45) is -0.628. The summed E-state index contributed by atoms with van der Waals surface area (Å²) in [5, 5.41) is 21.0. The summed E-state index contributed by atoms with van der Waals surface area (Å²) in [6.45, 7) is 1.70. The second kappa shape index (κ2) is 5.37. The zero-order valence-corrected chi connectivity index (χ0v) is 9.23. The molecule has 0 bridgehead atoms. The van der Waals surface area contributed by atoms with Crippen molar-refractivity contribution >= 4 is 5.91 Å². The molecular weight excluding hydrogens is 210 g/mol. The Balaban J connectivity index is 2.81. The minimum absolute atomic E-state index is 0.121. The Morgan fingerprint density at radius 1 is 1.56 bits per heavy atom. The zero-order valence-electron chi connectivity index (χ0n) is 9.23. The van der Waals surface area contributed by atoms with Gasteiger partial charge in [0.15, 0.2) is 0 Å². The van der Waals surface area contributed by atoms with Gasteiger partial charge in [-0.2, -0.15) is 0 Å². The van der Waals surface area contributed by atoms with Crippen molar-refractivity contribution < 1.29 is 19.7 Å². The molecule has 0 spiro atoms. The van der Waals surface area contributed by atoms with Crippen LogP contribution in [0.25, 0.3) is 0 Å². The van der Waals surface area contributed by atoms with Gasteiger partial charge in [0.25, 0.3) is 5.91 Å². The molecule has 1 amide bonds. The average Bonchev–Trinajstić information content (AvgIpc) is 2.26. The van der Waals surface area contributed by atoms with Crippen molar-refractivity contribution in [2.24, 2.45) is 0 Å². The number of phenolic OH excluding ortho intramolecular Hbond substituents is 1. The molecule has 16 heavy (non-hydrogen) atoms. The lowest BCUT2D eigenvalue weighted by Gasteiger charge is -2.09. The Hall–Kier alpha value is -1.75. The van der Waals surface area contributed by atoms with Gasteiger partial charge in [0, 0.05) is 6.54 Å². The third-order valence-electron chi connectivity index (χ3n) is 2.01. The summed E-state index contributed by atoms with van der Waals surface area (Å²) in [5.41, 5.74) is 0.125. The first-order valence-corrected chi connectivity index (χ1v) is 4.88. The molecule has 1 rings (SSSR count). The van der Waals surface area contributed by atoms with Crippen LogP contribution in [0.3, 0.4) is 0 Å². The van der Waals surface area contributed by atoms with Gasteiger partial charge in [-0.15, -0.1) is 0 Å². The highest BCUT2D eigenvalue weighted by Gasteiger charge is 2.12. The van der Waals surface area contributed by atoms with Gasteiger partial charge < -0.3 is 20.3 Å². The molecule has 1 atom stereocenters. The number of aliphatic hydroxyl groups is 1. The topological polar surface area (TPSA) is 78.8 Å². The Kier molecular flexibility index (Phi) is 4.13. The number of hydrogen-bond donors (Lipinski definition) is 3. The first-order valence-electron chi connectivity index (χ1n) is 4.88.